The third kappa shape index (κ3) is 3.01. The standard InChI is InChI=1S/C14H20N2O3S.ClH/c1-6-14-15-10-7-11(18-4)12(19-5)8-13(10)20(17,16-14)9(2)3;/h7-9H,6H2,1-5H3;1H. The summed E-state index contributed by atoms with van der Waals surface area (Å²) in [5.74, 6) is 1.74. The molecule has 0 fully saturated rings. The molecule has 1 aromatic carbocycles. The molecule has 0 amide bonds. The Morgan fingerprint density at radius 1 is 1.19 bits per heavy atom. The number of benzene rings is 1. The van der Waals surface area contributed by atoms with Crippen LogP contribution in [0.2, 0.25) is 0 Å². The minimum Gasteiger partial charge on any atom is -0.493 e. The van der Waals surface area contributed by atoms with Gasteiger partial charge in [-0.15, -0.1) is 12.4 Å². The molecule has 21 heavy (non-hydrogen) atoms. The van der Waals surface area contributed by atoms with Crippen LogP contribution in [0.25, 0.3) is 0 Å². The maximum absolute atomic E-state index is 13.2. The van der Waals surface area contributed by atoms with Crippen molar-refractivity contribution in [3.63, 3.8) is 0 Å². The Morgan fingerprint density at radius 2 is 1.76 bits per heavy atom. The SMILES string of the molecule is CCC1=Nc2cc(OC)c(OC)cc2S(=O)(C(C)C)=N1.Cl. The Bertz CT molecular complexity index is 677. The van der Waals surface area contributed by atoms with Gasteiger partial charge in [-0.05, 0) is 13.8 Å². The number of halogens is 1. The Balaban J connectivity index is 0.00000220. The minimum atomic E-state index is -2.53. The number of amidine groups is 1. The Hall–Kier alpha value is -1.27. The van der Waals surface area contributed by atoms with Crippen LogP contribution in [0.4, 0.5) is 5.69 Å². The second kappa shape index (κ2) is 6.66. The topological polar surface area (TPSA) is 60.2 Å². The number of aliphatic imine (C=N–C) groups is 1. The van der Waals surface area contributed by atoms with Gasteiger partial charge < -0.3 is 9.47 Å². The zero-order valence-corrected chi connectivity index (χ0v) is 14.5. The number of rotatable bonds is 4. The lowest BCUT2D eigenvalue weighted by atomic mass is 10.2. The summed E-state index contributed by atoms with van der Waals surface area (Å²) in [6, 6.07) is 3.50. The second-order valence-corrected chi connectivity index (χ2v) is 7.47. The van der Waals surface area contributed by atoms with Gasteiger partial charge in [0.1, 0.15) is 5.84 Å². The Labute approximate surface area is 132 Å². The smallest absolute Gasteiger partial charge is 0.162 e. The van der Waals surface area contributed by atoms with E-state index in [0.717, 1.165) is 0 Å². The van der Waals surface area contributed by atoms with Gasteiger partial charge in [0.2, 0.25) is 0 Å². The molecule has 2 rings (SSSR count). The van der Waals surface area contributed by atoms with E-state index < -0.39 is 9.73 Å². The summed E-state index contributed by atoms with van der Waals surface area (Å²) in [6.45, 7) is 5.77. The van der Waals surface area contributed by atoms with Crippen LogP contribution in [0.3, 0.4) is 0 Å². The van der Waals surface area contributed by atoms with Crippen molar-refractivity contribution in [2.24, 2.45) is 9.36 Å². The minimum absolute atomic E-state index is 0. The van der Waals surface area contributed by atoms with Crippen LogP contribution < -0.4 is 9.47 Å². The third-order valence-electron chi connectivity index (χ3n) is 3.23. The second-order valence-electron chi connectivity index (χ2n) is 4.77. The average molecular weight is 333 g/mol. The highest BCUT2D eigenvalue weighted by atomic mass is 35.5. The first-order chi connectivity index (χ1) is 9.46. The monoisotopic (exact) mass is 332 g/mol. The van der Waals surface area contributed by atoms with E-state index in [1.807, 2.05) is 20.8 Å². The predicted molar refractivity (Wildman–Crippen MR) is 88.2 cm³/mol. The lowest BCUT2D eigenvalue weighted by molar-refractivity contribution is 0.354. The van der Waals surface area contributed by atoms with Gasteiger partial charge in [-0.25, -0.2) is 9.20 Å². The van der Waals surface area contributed by atoms with Crippen LogP contribution in [0, 0.1) is 0 Å². The largest absolute Gasteiger partial charge is 0.493 e. The summed E-state index contributed by atoms with van der Waals surface area (Å²) in [6.07, 6.45) is 0.650. The molecule has 1 aromatic rings. The zero-order valence-electron chi connectivity index (χ0n) is 12.9. The number of hydrogen-bond acceptors (Lipinski definition) is 5. The van der Waals surface area contributed by atoms with Gasteiger partial charge >= 0.3 is 0 Å². The van der Waals surface area contributed by atoms with E-state index in [9.17, 15) is 4.21 Å². The van der Waals surface area contributed by atoms with E-state index in [4.69, 9.17) is 9.47 Å². The molecule has 118 valence electrons. The van der Waals surface area contributed by atoms with Gasteiger partial charge in [-0.2, -0.15) is 4.36 Å². The molecular formula is C14H21ClN2O3S. The van der Waals surface area contributed by atoms with Crippen LogP contribution >= 0.6 is 12.4 Å². The van der Waals surface area contributed by atoms with Crippen molar-refractivity contribution >= 4 is 33.7 Å². The lowest BCUT2D eigenvalue weighted by Gasteiger charge is -2.22. The first kappa shape index (κ1) is 17.8. The van der Waals surface area contributed by atoms with E-state index in [1.165, 1.54) is 0 Å². The van der Waals surface area contributed by atoms with Gasteiger partial charge in [-0.1, -0.05) is 6.92 Å². The van der Waals surface area contributed by atoms with E-state index in [2.05, 4.69) is 9.36 Å². The maximum atomic E-state index is 13.2. The predicted octanol–water partition coefficient (Wildman–Crippen LogP) is 3.81. The van der Waals surface area contributed by atoms with Gasteiger partial charge in [-0.3, -0.25) is 0 Å². The van der Waals surface area contributed by atoms with Gasteiger partial charge in [0.05, 0.1) is 34.5 Å². The van der Waals surface area contributed by atoms with Crippen molar-refractivity contribution in [2.45, 2.75) is 37.3 Å². The van der Waals surface area contributed by atoms with Crippen molar-refractivity contribution in [3.8, 4) is 11.5 Å². The van der Waals surface area contributed by atoms with E-state index in [0.29, 0.717) is 34.3 Å². The Kier molecular flexibility index (Phi) is 5.64. The molecule has 0 saturated carbocycles. The summed E-state index contributed by atoms with van der Waals surface area (Å²) in [7, 11) is 0.602. The number of hydrogen-bond donors (Lipinski definition) is 0. The van der Waals surface area contributed by atoms with Crippen LogP contribution in [-0.4, -0.2) is 29.5 Å². The number of fused-ring (bicyclic) bond motifs is 1. The summed E-state index contributed by atoms with van der Waals surface area (Å²) in [5, 5.41) is -0.101. The number of methoxy groups -OCH3 is 2. The van der Waals surface area contributed by atoms with E-state index >= 15 is 0 Å². The molecule has 0 N–H and O–H groups in total. The molecule has 0 aliphatic carbocycles. The van der Waals surface area contributed by atoms with E-state index in [-0.39, 0.29) is 17.7 Å². The van der Waals surface area contributed by atoms with Crippen molar-refractivity contribution < 1.29 is 13.7 Å². The number of ether oxygens (including phenoxy) is 2. The zero-order chi connectivity index (χ0) is 14.9. The molecule has 7 heteroatoms. The summed E-state index contributed by atoms with van der Waals surface area (Å²) in [5.41, 5.74) is 0.660. The first-order valence-corrected chi connectivity index (χ1v) is 8.13. The normalized spacial score (nSPS) is 20.0. The molecule has 1 atom stereocenters. The van der Waals surface area contributed by atoms with Crippen molar-refractivity contribution in [2.75, 3.05) is 14.2 Å². The van der Waals surface area contributed by atoms with Crippen LogP contribution in [0.5, 0.6) is 11.5 Å². The van der Waals surface area contributed by atoms with Gasteiger partial charge in [0.15, 0.2) is 11.5 Å². The molecule has 5 nitrogen and oxygen atoms in total. The van der Waals surface area contributed by atoms with Crippen molar-refractivity contribution in [1.29, 1.82) is 0 Å². The third-order valence-corrected chi connectivity index (χ3v) is 5.94. The fourth-order valence-corrected chi connectivity index (χ4v) is 4.02. The van der Waals surface area contributed by atoms with Crippen molar-refractivity contribution in [1.82, 2.24) is 0 Å². The van der Waals surface area contributed by atoms with E-state index in [1.54, 1.807) is 26.4 Å². The molecule has 0 radical (unpaired) electrons. The van der Waals surface area contributed by atoms with Crippen LogP contribution in [-0.2, 0) is 9.73 Å². The molecule has 1 aliphatic heterocycles. The molecule has 0 spiro atoms. The fraction of sp³-hybridized carbons (Fsp3) is 0.500. The lowest BCUT2D eigenvalue weighted by Crippen LogP contribution is -2.19. The molecule has 0 aromatic heterocycles. The summed E-state index contributed by atoms with van der Waals surface area (Å²) < 4.78 is 28.2. The average Bonchev–Trinajstić information content (AvgIpc) is 2.45. The quantitative estimate of drug-likeness (QED) is 0.842. The highest BCUT2D eigenvalue weighted by Gasteiger charge is 2.27. The number of nitrogens with zero attached hydrogens (tertiary/aromatic N) is 2. The summed E-state index contributed by atoms with van der Waals surface area (Å²) in [4.78, 5) is 5.09. The fourth-order valence-electron chi connectivity index (χ4n) is 2.04. The molecule has 1 heterocycles. The summed E-state index contributed by atoms with van der Waals surface area (Å²) >= 11 is 0. The molecule has 1 unspecified atom stereocenters. The van der Waals surface area contributed by atoms with Crippen molar-refractivity contribution in [3.05, 3.63) is 12.1 Å². The molecule has 0 saturated heterocycles. The van der Waals surface area contributed by atoms with Gasteiger partial charge in [0.25, 0.3) is 0 Å². The highest BCUT2D eigenvalue weighted by molar-refractivity contribution is 7.94. The maximum Gasteiger partial charge on any atom is 0.162 e. The highest BCUT2D eigenvalue weighted by Crippen LogP contribution is 2.41. The first-order valence-electron chi connectivity index (χ1n) is 6.55. The molecular weight excluding hydrogens is 312 g/mol. The van der Waals surface area contributed by atoms with Gasteiger partial charge in [0, 0.05) is 23.8 Å². The van der Waals surface area contributed by atoms with Crippen LogP contribution in [0.1, 0.15) is 27.2 Å². The molecule has 0 bridgehead atoms. The Morgan fingerprint density at radius 3 is 2.24 bits per heavy atom. The molecule has 1 aliphatic rings. The van der Waals surface area contributed by atoms with Crippen LogP contribution in [0.15, 0.2) is 26.4 Å².